The molecule has 46 heavy (non-hydrogen) atoms. The van der Waals surface area contributed by atoms with E-state index in [1.54, 1.807) is 0 Å². The van der Waals surface area contributed by atoms with Crippen LogP contribution in [0.25, 0.3) is 10.9 Å². The first-order valence-electron chi connectivity index (χ1n) is 14.5. The van der Waals surface area contributed by atoms with Crippen LogP contribution in [-0.2, 0) is 28.5 Å². The first-order valence-corrected chi connectivity index (χ1v) is 16.1. The van der Waals surface area contributed by atoms with Gasteiger partial charge in [-0.25, -0.2) is 0 Å². The number of rotatable bonds is 10. The quantitative estimate of drug-likeness (QED) is 0.148. The van der Waals surface area contributed by atoms with E-state index in [9.17, 15) is 47.9 Å². The Balaban J connectivity index is 1.58. The van der Waals surface area contributed by atoms with Crippen LogP contribution in [0.3, 0.4) is 0 Å². The summed E-state index contributed by atoms with van der Waals surface area (Å²) in [5, 5.41) is 7.99. The van der Waals surface area contributed by atoms with Crippen molar-refractivity contribution in [1.29, 1.82) is 0 Å². The summed E-state index contributed by atoms with van der Waals surface area (Å²) in [4.78, 5) is 113. The third-order valence-corrected chi connectivity index (χ3v) is 8.97. The van der Waals surface area contributed by atoms with Crippen LogP contribution in [0.15, 0.2) is 24.3 Å². The zero-order valence-electron chi connectivity index (χ0n) is 25.1. The molecule has 0 spiro atoms. The number of nitrogens with zero attached hydrogens (tertiary/aromatic N) is 2. The van der Waals surface area contributed by atoms with E-state index in [4.69, 9.17) is 5.73 Å². The number of primary amides is 1. The van der Waals surface area contributed by atoms with Crippen molar-refractivity contribution in [2.45, 2.75) is 63.2 Å². The molecule has 2 aliphatic rings. The van der Waals surface area contributed by atoms with Crippen LogP contribution in [0.1, 0.15) is 59.9 Å². The summed E-state index contributed by atoms with van der Waals surface area (Å²) in [6, 6.07) is 1.37. The van der Waals surface area contributed by atoms with Crippen LogP contribution in [-0.4, -0.2) is 110 Å². The molecule has 0 radical (unpaired) electrons. The van der Waals surface area contributed by atoms with E-state index < -0.39 is 66.8 Å². The molecule has 3 heterocycles. The zero-order valence-corrected chi connectivity index (χ0v) is 26.0. The van der Waals surface area contributed by atoms with Crippen molar-refractivity contribution in [2.24, 2.45) is 5.73 Å². The number of carbonyl (C=O) groups is 7. The molecule has 8 N–H and O–H groups in total. The van der Waals surface area contributed by atoms with Gasteiger partial charge in [0.05, 0.1) is 0 Å². The van der Waals surface area contributed by atoms with Crippen LogP contribution in [0.2, 0.25) is 0 Å². The monoisotopic (exact) mass is 661 g/mol. The van der Waals surface area contributed by atoms with Gasteiger partial charge >= 0.3 is 7.60 Å². The lowest BCUT2D eigenvalue weighted by Crippen LogP contribution is -2.61. The predicted molar refractivity (Wildman–Crippen MR) is 161 cm³/mol. The summed E-state index contributed by atoms with van der Waals surface area (Å²) < 4.78 is 11.4. The number of aromatic nitrogens is 1. The molecule has 4 rings (SSSR count). The van der Waals surface area contributed by atoms with Crippen molar-refractivity contribution in [2.75, 3.05) is 20.1 Å². The molecule has 2 fully saturated rings. The van der Waals surface area contributed by atoms with E-state index in [2.05, 4.69) is 20.9 Å². The molecular weight excluding hydrogens is 625 g/mol. The molecule has 0 saturated carbocycles. The van der Waals surface area contributed by atoms with Gasteiger partial charge in [-0.1, -0.05) is 0 Å². The molecule has 248 valence electrons. The van der Waals surface area contributed by atoms with E-state index >= 15 is 0 Å². The Morgan fingerprint density at radius 1 is 1.11 bits per heavy atom. The normalized spacial score (nSPS) is 20.7. The molecule has 1 aromatic heterocycles. The lowest BCUT2D eigenvalue weighted by molar-refractivity contribution is -0.145. The van der Waals surface area contributed by atoms with Gasteiger partial charge in [0.25, 0.3) is 11.4 Å². The highest BCUT2D eigenvalue weighted by Gasteiger charge is 2.46. The molecule has 2 saturated heterocycles. The van der Waals surface area contributed by atoms with E-state index in [-0.39, 0.29) is 49.5 Å². The average molecular weight is 662 g/mol. The summed E-state index contributed by atoms with van der Waals surface area (Å²) in [5.74, 6) is -3.48. The minimum absolute atomic E-state index is 0.0323. The number of benzene rings is 1. The Morgan fingerprint density at radius 2 is 1.83 bits per heavy atom. The second-order valence-electron chi connectivity index (χ2n) is 11.3. The Bertz CT molecular complexity index is 1640. The fourth-order valence-corrected chi connectivity index (χ4v) is 6.29. The second kappa shape index (κ2) is 13.8. The number of hydrogen-bond donors (Lipinski definition) is 7. The number of likely N-dealkylation sites (N-methyl/N-ethyl adjacent to an activating group) is 1. The lowest BCUT2D eigenvalue weighted by Gasteiger charge is -2.38. The van der Waals surface area contributed by atoms with Gasteiger partial charge in [-0.3, -0.25) is 38.1 Å². The van der Waals surface area contributed by atoms with Crippen LogP contribution in [0.4, 0.5) is 0 Å². The van der Waals surface area contributed by atoms with Gasteiger partial charge in [0, 0.05) is 56.0 Å². The molecule has 2 aliphatic heterocycles. The van der Waals surface area contributed by atoms with Gasteiger partial charge in [0.2, 0.25) is 29.5 Å². The molecule has 18 heteroatoms. The molecule has 4 atom stereocenters. The van der Waals surface area contributed by atoms with Gasteiger partial charge in [0.1, 0.15) is 23.8 Å². The Hall–Kier alpha value is -4.60. The molecule has 1 aromatic carbocycles. The predicted octanol–water partition coefficient (Wildman–Crippen LogP) is -1.31. The summed E-state index contributed by atoms with van der Waals surface area (Å²) in [5.41, 5.74) is 3.93. The zero-order chi connectivity index (χ0) is 33.9. The van der Waals surface area contributed by atoms with Crippen molar-refractivity contribution < 1.29 is 47.9 Å². The Morgan fingerprint density at radius 3 is 2.46 bits per heavy atom. The molecule has 0 aliphatic carbocycles. The summed E-state index contributed by atoms with van der Waals surface area (Å²) in [6.07, 6.45) is 0.875. The third kappa shape index (κ3) is 7.61. The molecule has 0 bridgehead atoms. The van der Waals surface area contributed by atoms with Crippen molar-refractivity contribution in [1.82, 2.24) is 30.7 Å². The molecular formula is C28H36N7O10P. The molecule has 2 aromatic rings. The SMILES string of the molecule is CNC(=O)[C@H](CCC(N)=O)NC(=O)[C@@H]1CC[C@@H]2CCN(C(C)=O)C[C@H](NC(=O)c3cc4cc(C(=O)P(=O)(O)O)ccc4[nH]3)C(=O)N21. The van der Waals surface area contributed by atoms with Gasteiger partial charge in [-0.05, 0) is 49.9 Å². The Labute approximate surface area is 262 Å². The maximum Gasteiger partial charge on any atom is 0.396 e. The van der Waals surface area contributed by atoms with Crippen LogP contribution in [0, 0.1) is 0 Å². The van der Waals surface area contributed by atoms with Gasteiger partial charge in [-0.2, -0.15) is 0 Å². The smallest absolute Gasteiger partial charge is 0.370 e. The van der Waals surface area contributed by atoms with Crippen molar-refractivity contribution in [3.63, 3.8) is 0 Å². The number of aromatic amines is 1. The summed E-state index contributed by atoms with van der Waals surface area (Å²) in [7, 11) is -3.66. The van der Waals surface area contributed by atoms with E-state index in [0.717, 1.165) is 0 Å². The highest BCUT2D eigenvalue weighted by molar-refractivity contribution is 7.70. The highest BCUT2D eigenvalue weighted by Crippen LogP contribution is 2.39. The summed E-state index contributed by atoms with van der Waals surface area (Å²) >= 11 is 0. The van der Waals surface area contributed by atoms with Gasteiger partial charge in [0.15, 0.2) is 0 Å². The topological polar surface area (TPSA) is 261 Å². The number of hydrogen-bond acceptors (Lipinski definition) is 8. The van der Waals surface area contributed by atoms with Crippen LogP contribution < -0.4 is 21.7 Å². The number of amides is 6. The van der Waals surface area contributed by atoms with Crippen molar-refractivity contribution in [3.05, 3.63) is 35.5 Å². The largest absolute Gasteiger partial charge is 0.396 e. The van der Waals surface area contributed by atoms with E-state index in [1.807, 2.05) is 0 Å². The maximum absolute atomic E-state index is 14.0. The maximum atomic E-state index is 14.0. The van der Waals surface area contributed by atoms with Crippen molar-refractivity contribution in [3.8, 4) is 0 Å². The van der Waals surface area contributed by atoms with Gasteiger partial charge < -0.3 is 46.3 Å². The number of nitrogens with two attached hydrogens (primary N) is 1. The van der Waals surface area contributed by atoms with E-state index in [1.165, 1.54) is 48.0 Å². The molecule has 17 nitrogen and oxygen atoms in total. The minimum Gasteiger partial charge on any atom is -0.370 e. The standard InChI is InChI=1S/C28H36N7O10P/c1-14(36)34-10-9-17-4-7-22(26(40)32-19(24(38)30-2)6-8-23(29)37)35(17)27(41)21(13-34)33-25(39)20-12-16-11-15(3-5-18(16)31-20)28(42)46(43,44)45/h3,5,11-12,17,19,21-22,31H,4,6-10,13H2,1-2H3,(H2,29,37)(H,30,38)(H,32,40)(H,33,39)(H2,43,44,45)/t17-,19+,21+,22+/m1/s1. The van der Waals surface area contributed by atoms with Crippen LogP contribution >= 0.6 is 7.60 Å². The first-order chi connectivity index (χ1) is 21.6. The van der Waals surface area contributed by atoms with Crippen LogP contribution in [0.5, 0.6) is 0 Å². The van der Waals surface area contributed by atoms with E-state index in [0.29, 0.717) is 23.7 Å². The average Bonchev–Trinajstić information content (AvgIpc) is 3.62. The fraction of sp³-hybridized carbons (Fsp3) is 0.464. The molecule has 0 unspecified atom stereocenters. The minimum atomic E-state index is -5.04. The highest BCUT2D eigenvalue weighted by atomic mass is 31.2. The first kappa shape index (κ1) is 34.3. The molecule has 6 amide bonds. The Kier molecular flexibility index (Phi) is 10.3. The van der Waals surface area contributed by atoms with Crippen molar-refractivity contribution >= 4 is 59.5 Å². The lowest BCUT2D eigenvalue weighted by atomic mass is 10.1. The van der Waals surface area contributed by atoms with Gasteiger partial charge in [-0.15, -0.1) is 0 Å². The second-order valence-corrected chi connectivity index (χ2v) is 12.8. The third-order valence-electron chi connectivity index (χ3n) is 8.18. The number of carbonyl (C=O) groups excluding carboxylic acids is 7. The summed E-state index contributed by atoms with van der Waals surface area (Å²) in [6.45, 7) is 1.41. The number of H-pyrrole nitrogens is 1. The number of fused-ring (bicyclic) bond motifs is 2. The number of nitrogens with one attached hydrogen (secondary N) is 4. The fourth-order valence-electron chi connectivity index (χ4n) is 5.81.